The maximum Gasteiger partial charge on any atom is 0.337 e. The summed E-state index contributed by atoms with van der Waals surface area (Å²) < 4.78 is 18.5. The third-order valence-electron chi connectivity index (χ3n) is 3.85. The second kappa shape index (κ2) is 8.24. The van der Waals surface area contributed by atoms with Gasteiger partial charge in [-0.05, 0) is 30.2 Å². The van der Waals surface area contributed by atoms with Gasteiger partial charge in [0.2, 0.25) is 5.91 Å². The van der Waals surface area contributed by atoms with Gasteiger partial charge in [-0.3, -0.25) is 4.79 Å². The van der Waals surface area contributed by atoms with E-state index in [1.165, 1.54) is 25.3 Å². The first kappa shape index (κ1) is 17.7. The molecule has 0 unspecified atom stereocenters. The zero-order chi connectivity index (χ0) is 17.5. The maximum absolute atomic E-state index is 13.9. The van der Waals surface area contributed by atoms with Crippen molar-refractivity contribution in [2.45, 2.75) is 25.8 Å². The number of carbonyl (C=O) groups is 2. The van der Waals surface area contributed by atoms with Gasteiger partial charge in [0.25, 0.3) is 0 Å². The third kappa shape index (κ3) is 4.19. The molecule has 5 heteroatoms. The van der Waals surface area contributed by atoms with Gasteiger partial charge in [-0.1, -0.05) is 37.3 Å². The molecule has 0 aliphatic rings. The first-order valence-electron chi connectivity index (χ1n) is 7.76. The molecule has 1 N–H and O–H groups in total. The molecule has 0 spiro atoms. The van der Waals surface area contributed by atoms with E-state index in [-0.39, 0.29) is 29.5 Å². The number of esters is 1. The van der Waals surface area contributed by atoms with Gasteiger partial charge in [-0.25, -0.2) is 9.18 Å². The Morgan fingerprint density at radius 2 is 1.88 bits per heavy atom. The van der Waals surface area contributed by atoms with Crippen LogP contribution in [0.25, 0.3) is 0 Å². The van der Waals surface area contributed by atoms with Gasteiger partial charge in [0, 0.05) is 12.1 Å². The molecule has 1 amide bonds. The van der Waals surface area contributed by atoms with E-state index in [0.29, 0.717) is 6.42 Å². The Hall–Kier alpha value is -2.69. The summed E-state index contributed by atoms with van der Waals surface area (Å²) in [6.07, 6.45) is 0.639. The molecule has 0 aliphatic heterocycles. The zero-order valence-electron chi connectivity index (χ0n) is 13.7. The van der Waals surface area contributed by atoms with Crippen LogP contribution in [0.1, 0.15) is 40.7 Å². The van der Waals surface area contributed by atoms with E-state index in [2.05, 4.69) is 10.1 Å². The Balaban J connectivity index is 2.09. The van der Waals surface area contributed by atoms with Crippen LogP contribution in [0.4, 0.5) is 4.39 Å². The van der Waals surface area contributed by atoms with Crippen LogP contribution in [0.15, 0.2) is 48.5 Å². The van der Waals surface area contributed by atoms with E-state index in [1.807, 2.05) is 37.3 Å². The van der Waals surface area contributed by atoms with Crippen molar-refractivity contribution in [1.82, 2.24) is 5.32 Å². The molecule has 2 rings (SSSR count). The number of methoxy groups -OCH3 is 1. The highest BCUT2D eigenvalue weighted by molar-refractivity contribution is 5.89. The van der Waals surface area contributed by atoms with E-state index in [9.17, 15) is 14.0 Å². The van der Waals surface area contributed by atoms with Crippen LogP contribution in [0.2, 0.25) is 0 Å². The van der Waals surface area contributed by atoms with E-state index < -0.39 is 11.8 Å². The van der Waals surface area contributed by atoms with Crippen molar-refractivity contribution in [1.29, 1.82) is 0 Å². The molecule has 2 aromatic rings. The maximum atomic E-state index is 13.9. The average molecular weight is 329 g/mol. The van der Waals surface area contributed by atoms with Crippen molar-refractivity contribution < 1.29 is 18.7 Å². The highest BCUT2D eigenvalue weighted by Gasteiger charge is 2.19. The van der Waals surface area contributed by atoms with Crippen LogP contribution < -0.4 is 5.32 Å². The summed E-state index contributed by atoms with van der Waals surface area (Å²) in [6, 6.07) is 13.4. The van der Waals surface area contributed by atoms with Crippen LogP contribution >= 0.6 is 0 Å². The summed E-state index contributed by atoms with van der Waals surface area (Å²) in [6.45, 7) is 1.94. The number of rotatable bonds is 6. The van der Waals surface area contributed by atoms with Crippen LogP contribution in [0, 0.1) is 5.82 Å². The summed E-state index contributed by atoms with van der Waals surface area (Å²) >= 11 is 0. The standard InChI is InChI=1S/C19H20FNO3/c1-3-16(13-7-5-4-6-8-13)18(22)21-12-15-11-14(19(23)24-2)9-10-17(15)20/h4-11,16H,3,12H2,1-2H3,(H,21,22)/t16-/m1/s1. The minimum absolute atomic E-state index is 0.0127. The fourth-order valence-corrected chi connectivity index (χ4v) is 2.52. The number of benzene rings is 2. The van der Waals surface area contributed by atoms with Crippen molar-refractivity contribution in [3.8, 4) is 0 Å². The van der Waals surface area contributed by atoms with Crippen LogP contribution in [-0.2, 0) is 16.1 Å². The molecular weight excluding hydrogens is 309 g/mol. The Morgan fingerprint density at radius 1 is 1.17 bits per heavy atom. The van der Waals surface area contributed by atoms with Crippen molar-refractivity contribution in [3.63, 3.8) is 0 Å². The summed E-state index contributed by atoms with van der Waals surface area (Å²) in [5.41, 5.74) is 1.41. The molecule has 0 aromatic heterocycles. The first-order valence-corrected chi connectivity index (χ1v) is 7.76. The minimum atomic E-state index is -0.543. The Kier molecular flexibility index (Phi) is 6.07. The number of hydrogen-bond acceptors (Lipinski definition) is 3. The number of halogens is 1. The lowest BCUT2D eigenvalue weighted by molar-refractivity contribution is -0.122. The third-order valence-corrected chi connectivity index (χ3v) is 3.85. The van der Waals surface area contributed by atoms with Gasteiger partial charge in [-0.15, -0.1) is 0 Å². The Morgan fingerprint density at radius 3 is 2.50 bits per heavy atom. The molecule has 0 bridgehead atoms. The van der Waals surface area contributed by atoms with Crippen molar-refractivity contribution in [2.24, 2.45) is 0 Å². The average Bonchev–Trinajstić information content (AvgIpc) is 2.62. The predicted molar refractivity (Wildman–Crippen MR) is 89.1 cm³/mol. The largest absolute Gasteiger partial charge is 0.465 e. The number of nitrogens with one attached hydrogen (secondary N) is 1. The number of amides is 1. The molecule has 4 nitrogen and oxygen atoms in total. The Labute approximate surface area is 140 Å². The van der Waals surface area contributed by atoms with Gasteiger partial charge >= 0.3 is 5.97 Å². The molecule has 2 aromatic carbocycles. The van der Waals surface area contributed by atoms with Crippen LogP contribution in [0.3, 0.4) is 0 Å². The molecule has 0 radical (unpaired) electrons. The smallest absolute Gasteiger partial charge is 0.337 e. The Bertz CT molecular complexity index is 716. The zero-order valence-corrected chi connectivity index (χ0v) is 13.7. The quantitative estimate of drug-likeness (QED) is 0.826. The number of carbonyl (C=O) groups excluding carboxylic acids is 2. The molecule has 0 fully saturated rings. The molecule has 24 heavy (non-hydrogen) atoms. The molecule has 0 heterocycles. The minimum Gasteiger partial charge on any atom is -0.465 e. The van der Waals surface area contributed by atoms with E-state index in [1.54, 1.807) is 0 Å². The van der Waals surface area contributed by atoms with Crippen LogP contribution in [-0.4, -0.2) is 19.0 Å². The van der Waals surface area contributed by atoms with Gasteiger partial charge < -0.3 is 10.1 Å². The summed E-state index contributed by atoms with van der Waals surface area (Å²) in [4.78, 5) is 23.9. The lowest BCUT2D eigenvalue weighted by Crippen LogP contribution is -2.29. The summed E-state index contributed by atoms with van der Waals surface area (Å²) in [7, 11) is 1.26. The topological polar surface area (TPSA) is 55.4 Å². The van der Waals surface area contributed by atoms with Gasteiger partial charge in [-0.2, -0.15) is 0 Å². The van der Waals surface area contributed by atoms with Gasteiger partial charge in [0.15, 0.2) is 0 Å². The first-order chi connectivity index (χ1) is 11.6. The fraction of sp³-hybridized carbons (Fsp3) is 0.263. The molecular formula is C19H20FNO3. The highest BCUT2D eigenvalue weighted by atomic mass is 19.1. The second-order valence-electron chi connectivity index (χ2n) is 5.39. The lowest BCUT2D eigenvalue weighted by Gasteiger charge is -2.16. The number of ether oxygens (including phenoxy) is 1. The summed E-state index contributed by atoms with van der Waals surface area (Å²) in [5, 5.41) is 2.74. The molecule has 0 saturated heterocycles. The SMILES string of the molecule is CC[C@@H](C(=O)NCc1cc(C(=O)OC)ccc1F)c1ccccc1. The van der Waals surface area contributed by atoms with Gasteiger partial charge in [0.05, 0.1) is 18.6 Å². The normalized spacial score (nSPS) is 11.6. The van der Waals surface area contributed by atoms with E-state index in [4.69, 9.17) is 0 Å². The number of hydrogen-bond donors (Lipinski definition) is 1. The lowest BCUT2D eigenvalue weighted by atomic mass is 9.95. The molecule has 1 atom stereocenters. The molecule has 0 saturated carbocycles. The van der Waals surface area contributed by atoms with Gasteiger partial charge in [0.1, 0.15) is 5.82 Å². The molecule has 0 aliphatic carbocycles. The monoisotopic (exact) mass is 329 g/mol. The second-order valence-corrected chi connectivity index (χ2v) is 5.39. The van der Waals surface area contributed by atoms with Crippen molar-refractivity contribution in [2.75, 3.05) is 7.11 Å². The fourth-order valence-electron chi connectivity index (χ4n) is 2.52. The summed E-state index contributed by atoms with van der Waals surface area (Å²) in [5.74, 6) is -1.49. The van der Waals surface area contributed by atoms with E-state index in [0.717, 1.165) is 5.56 Å². The van der Waals surface area contributed by atoms with Crippen molar-refractivity contribution >= 4 is 11.9 Å². The highest BCUT2D eigenvalue weighted by Crippen LogP contribution is 2.20. The van der Waals surface area contributed by atoms with Crippen molar-refractivity contribution in [3.05, 3.63) is 71.0 Å². The van der Waals surface area contributed by atoms with Crippen LogP contribution in [0.5, 0.6) is 0 Å². The van der Waals surface area contributed by atoms with E-state index >= 15 is 0 Å². The molecule has 126 valence electrons. The predicted octanol–water partition coefficient (Wildman–Crippen LogP) is 3.42.